The lowest BCUT2D eigenvalue weighted by atomic mass is 10.2. The molecule has 0 unspecified atom stereocenters. The highest BCUT2D eigenvalue weighted by Gasteiger charge is 2.20. The first kappa shape index (κ1) is 14.9. The number of hydrogen-bond acceptors (Lipinski definition) is 6. The third-order valence-corrected chi connectivity index (χ3v) is 3.54. The van der Waals surface area contributed by atoms with E-state index in [0.717, 1.165) is 11.5 Å². The Bertz CT molecular complexity index is 721. The standard InChI is InChI=1S/C14H12FN3O2S/c1-3-20-14(19)12-8(2)18-21-13(12)17-10-4-5-11(15)9(6-10)7-16/h4-6,17H,3H2,1-2H3. The van der Waals surface area contributed by atoms with Gasteiger partial charge in [-0.1, -0.05) is 0 Å². The zero-order valence-corrected chi connectivity index (χ0v) is 12.3. The number of hydrogen-bond donors (Lipinski definition) is 1. The van der Waals surface area contributed by atoms with Crippen LogP contribution in [-0.4, -0.2) is 16.9 Å². The predicted molar refractivity (Wildman–Crippen MR) is 77.2 cm³/mol. The Morgan fingerprint density at radius 2 is 2.33 bits per heavy atom. The van der Waals surface area contributed by atoms with Gasteiger partial charge in [0, 0.05) is 5.69 Å². The van der Waals surface area contributed by atoms with Gasteiger partial charge in [0.1, 0.15) is 22.5 Å². The van der Waals surface area contributed by atoms with E-state index >= 15 is 0 Å². The lowest BCUT2D eigenvalue weighted by molar-refractivity contribution is 0.0527. The number of nitrogens with one attached hydrogen (secondary N) is 1. The summed E-state index contributed by atoms with van der Waals surface area (Å²) < 4.78 is 22.4. The smallest absolute Gasteiger partial charge is 0.343 e. The van der Waals surface area contributed by atoms with Gasteiger partial charge in [0.05, 0.1) is 17.9 Å². The molecule has 0 bridgehead atoms. The van der Waals surface area contributed by atoms with Gasteiger partial charge >= 0.3 is 5.97 Å². The van der Waals surface area contributed by atoms with E-state index < -0.39 is 11.8 Å². The van der Waals surface area contributed by atoms with Crippen molar-refractivity contribution in [1.82, 2.24) is 4.37 Å². The molecule has 1 N–H and O–H groups in total. The fraction of sp³-hybridized carbons (Fsp3) is 0.214. The van der Waals surface area contributed by atoms with Gasteiger partial charge in [-0.2, -0.15) is 9.64 Å². The van der Waals surface area contributed by atoms with Gasteiger partial charge in [0.15, 0.2) is 0 Å². The van der Waals surface area contributed by atoms with Crippen LogP contribution in [0.15, 0.2) is 18.2 Å². The molecule has 5 nitrogen and oxygen atoms in total. The summed E-state index contributed by atoms with van der Waals surface area (Å²) in [6.07, 6.45) is 0. The predicted octanol–water partition coefficient (Wildman–Crippen LogP) is 3.38. The highest BCUT2D eigenvalue weighted by atomic mass is 32.1. The normalized spacial score (nSPS) is 10.0. The number of esters is 1. The van der Waals surface area contributed by atoms with E-state index in [4.69, 9.17) is 10.00 Å². The molecule has 2 rings (SSSR count). The number of rotatable bonds is 4. The molecule has 1 aromatic carbocycles. The zero-order valence-electron chi connectivity index (χ0n) is 11.4. The van der Waals surface area contributed by atoms with Crippen LogP contribution in [0.5, 0.6) is 0 Å². The van der Waals surface area contributed by atoms with E-state index in [1.807, 2.05) is 0 Å². The molecule has 0 atom stereocenters. The lowest BCUT2D eigenvalue weighted by Crippen LogP contribution is -2.07. The second-order valence-corrected chi connectivity index (χ2v) is 4.90. The highest BCUT2D eigenvalue weighted by molar-refractivity contribution is 7.10. The number of carbonyl (C=O) groups excluding carboxylic acids is 1. The minimum atomic E-state index is -0.589. The monoisotopic (exact) mass is 305 g/mol. The Hall–Kier alpha value is -2.46. The molecule has 0 saturated heterocycles. The van der Waals surface area contributed by atoms with Crippen molar-refractivity contribution in [2.45, 2.75) is 13.8 Å². The van der Waals surface area contributed by atoms with Crippen molar-refractivity contribution in [2.24, 2.45) is 0 Å². The third-order valence-electron chi connectivity index (χ3n) is 2.69. The highest BCUT2D eigenvalue weighted by Crippen LogP contribution is 2.29. The van der Waals surface area contributed by atoms with Crippen LogP contribution < -0.4 is 5.32 Å². The Morgan fingerprint density at radius 1 is 1.57 bits per heavy atom. The number of benzene rings is 1. The lowest BCUT2D eigenvalue weighted by Gasteiger charge is -2.07. The van der Waals surface area contributed by atoms with E-state index in [0.29, 0.717) is 21.9 Å². The summed E-state index contributed by atoms with van der Waals surface area (Å²) in [6.45, 7) is 3.70. The van der Waals surface area contributed by atoms with Crippen molar-refractivity contribution in [3.63, 3.8) is 0 Å². The second kappa shape index (κ2) is 6.33. The van der Waals surface area contributed by atoms with Gasteiger partial charge in [-0.3, -0.25) is 0 Å². The Labute approximate surface area is 125 Å². The maximum absolute atomic E-state index is 13.3. The molecule has 0 aliphatic rings. The summed E-state index contributed by atoms with van der Waals surface area (Å²) in [5.74, 6) is -1.05. The molecule has 0 radical (unpaired) electrons. The molecule has 0 aliphatic carbocycles. The number of carbonyl (C=O) groups is 1. The van der Waals surface area contributed by atoms with Gasteiger partial charge < -0.3 is 10.1 Å². The quantitative estimate of drug-likeness (QED) is 0.876. The first-order valence-electron chi connectivity index (χ1n) is 6.16. The molecular formula is C14H12FN3O2S. The van der Waals surface area contributed by atoms with Gasteiger partial charge in [0.25, 0.3) is 0 Å². The first-order valence-corrected chi connectivity index (χ1v) is 6.94. The molecule has 0 fully saturated rings. The number of nitrogens with zero attached hydrogens (tertiary/aromatic N) is 2. The SMILES string of the molecule is CCOC(=O)c1c(C)nsc1Nc1ccc(F)c(C#N)c1. The summed E-state index contributed by atoms with van der Waals surface area (Å²) in [5, 5.41) is 12.3. The number of ether oxygens (including phenoxy) is 1. The van der Waals surface area contributed by atoms with Crippen molar-refractivity contribution >= 4 is 28.2 Å². The van der Waals surface area contributed by atoms with Crippen LogP contribution in [0.1, 0.15) is 28.5 Å². The van der Waals surface area contributed by atoms with Gasteiger partial charge in [-0.15, -0.1) is 0 Å². The van der Waals surface area contributed by atoms with Crippen molar-refractivity contribution in [1.29, 1.82) is 5.26 Å². The minimum Gasteiger partial charge on any atom is -0.462 e. The maximum atomic E-state index is 13.3. The molecule has 108 valence electrons. The maximum Gasteiger partial charge on any atom is 0.343 e. The number of nitriles is 1. The first-order chi connectivity index (χ1) is 10.1. The van der Waals surface area contributed by atoms with E-state index in [2.05, 4.69) is 9.69 Å². The summed E-state index contributed by atoms with van der Waals surface area (Å²) >= 11 is 1.10. The molecule has 1 heterocycles. The average molecular weight is 305 g/mol. The summed E-state index contributed by atoms with van der Waals surface area (Å²) in [7, 11) is 0. The third kappa shape index (κ3) is 3.17. The van der Waals surface area contributed by atoms with Gasteiger partial charge in [-0.05, 0) is 43.6 Å². The molecule has 0 aliphatic heterocycles. The molecule has 21 heavy (non-hydrogen) atoms. The number of aryl methyl sites for hydroxylation is 1. The number of aromatic nitrogens is 1. The zero-order chi connectivity index (χ0) is 15.4. The van der Waals surface area contributed by atoms with Crippen molar-refractivity contribution < 1.29 is 13.9 Å². The van der Waals surface area contributed by atoms with E-state index in [9.17, 15) is 9.18 Å². The molecular weight excluding hydrogens is 293 g/mol. The van der Waals surface area contributed by atoms with Crippen molar-refractivity contribution in [2.75, 3.05) is 11.9 Å². The van der Waals surface area contributed by atoms with Gasteiger partial charge in [-0.25, -0.2) is 9.18 Å². The Morgan fingerprint density at radius 3 is 3.00 bits per heavy atom. The van der Waals surface area contributed by atoms with E-state index in [-0.39, 0.29) is 12.2 Å². The van der Waals surface area contributed by atoms with Crippen LogP contribution in [-0.2, 0) is 4.74 Å². The van der Waals surface area contributed by atoms with E-state index in [1.165, 1.54) is 18.2 Å². The summed E-state index contributed by atoms with van der Waals surface area (Å²) in [4.78, 5) is 11.9. The fourth-order valence-electron chi connectivity index (χ4n) is 1.72. The molecule has 0 spiro atoms. The number of anilines is 2. The Kier molecular flexibility index (Phi) is 4.50. The van der Waals surface area contributed by atoms with Crippen LogP contribution in [0.3, 0.4) is 0 Å². The Balaban J connectivity index is 2.33. The van der Waals surface area contributed by atoms with Crippen LogP contribution in [0.4, 0.5) is 15.1 Å². The van der Waals surface area contributed by atoms with Crippen LogP contribution >= 0.6 is 11.5 Å². The van der Waals surface area contributed by atoms with Gasteiger partial charge in [0.2, 0.25) is 0 Å². The molecule has 1 aromatic heterocycles. The van der Waals surface area contributed by atoms with Crippen LogP contribution in [0.25, 0.3) is 0 Å². The van der Waals surface area contributed by atoms with Crippen molar-refractivity contribution in [3.8, 4) is 6.07 Å². The van der Waals surface area contributed by atoms with E-state index in [1.54, 1.807) is 19.9 Å². The van der Waals surface area contributed by atoms with Crippen LogP contribution in [0.2, 0.25) is 0 Å². The second-order valence-electron chi connectivity index (χ2n) is 4.12. The summed E-state index contributed by atoms with van der Waals surface area (Å²) in [6, 6.07) is 5.82. The summed E-state index contributed by atoms with van der Waals surface area (Å²) in [5.41, 5.74) is 1.34. The average Bonchev–Trinajstić information content (AvgIpc) is 2.82. The molecule has 7 heteroatoms. The minimum absolute atomic E-state index is 0.0704. The topological polar surface area (TPSA) is 75.0 Å². The van der Waals surface area contributed by atoms with Crippen molar-refractivity contribution in [3.05, 3.63) is 40.8 Å². The molecule has 0 amide bonds. The largest absolute Gasteiger partial charge is 0.462 e. The number of halogens is 1. The molecule has 0 saturated carbocycles. The fourth-order valence-corrected chi connectivity index (χ4v) is 2.52. The van der Waals surface area contributed by atoms with Crippen LogP contribution in [0, 0.1) is 24.1 Å². The molecule has 2 aromatic rings.